The number of nitrogens with one attached hydrogen (secondary N) is 2. The van der Waals surface area contributed by atoms with Gasteiger partial charge in [0.1, 0.15) is 6.04 Å². The van der Waals surface area contributed by atoms with Crippen molar-refractivity contribution in [1.82, 2.24) is 9.71 Å². The van der Waals surface area contributed by atoms with Gasteiger partial charge < -0.3 is 10.1 Å². The lowest BCUT2D eigenvalue weighted by molar-refractivity contribution is -0.138. The molecule has 1 heterocycles. The van der Waals surface area contributed by atoms with Crippen LogP contribution in [0, 0.1) is 0 Å². The fourth-order valence-electron chi connectivity index (χ4n) is 3.09. The minimum absolute atomic E-state index is 0.0403. The van der Waals surface area contributed by atoms with E-state index in [9.17, 15) is 18.3 Å². The maximum Gasteiger partial charge on any atom is 0.322 e. The predicted molar refractivity (Wildman–Crippen MR) is 109 cm³/mol. The maximum absolute atomic E-state index is 12.7. The zero-order valence-electron chi connectivity index (χ0n) is 16.1. The van der Waals surface area contributed by atoms with E-state index >= 15 is 0 Å². The topological polar surface area (TPSA) is 99.3 Å². The molecule has 2 aromatic carbocycles. The SMILES string of the molecule is CC(C)(C)c1ccc(S(=O)(=O)NC(Cc2c[nH]c3ccccc23)C(=O)O)cc1. The van der Waals surface area contributed by atoms with Crippen LogP contribution in [0.4, 0.5) is 0 Å². The number of H-pyrrole nitrogens is 1. The number of carboxylic acid groups (broad SMARTS) is 1. The van der Waals surface area contributed by atoms with Gasteiger partial charge in [0.05, 0.1) is 4.90 Å². The van der Waals surface area contributed by atoms with Crippen molar-refractivity contribution in [3.05, 3.63) is 65.9 Å². The number of hydrogen-bond donors (Lipinski definition) is 3. The lowest BCUT2D eigenvalue weighted by Gasteiger charge is -2.19. The predicted octanol–water partition coefficient (Wildman–Crippen LogP) is 3.44. The van der Waals surface area contributed by atoms with Crippen LogP contribution in [0.3, 0.4) is 0 Å². The van der Waals surface area contributed by atoms with Gasteiger partial charge in [-0.15, -0.1) is 0 Å². The first kappa shape index (κ1) is 20.1. The van der Waals surface area contributed by atoms with E-state index in [1.807, 2.05) is 45.0 Å². The van der Waals surface area contributed by atoms with Crippen LogP contribution >= 0.6 is 0 Å². The molecule has 0 aliphatic rings. The molecule has 1 aromatic heterocycles. The Balaban J connectivity index is 1.84. The van der Waals surface area contributed by atoms with E-state index in [1.54, 1.807) is 18.3 Å². The van der Waals surface area contributed by atoms with Crippen molar-refractivity contribution < 1.29 is 18.3 Å². The van der Waals surface area contributed by atoms with Gasteiger partial charge in [0.15, 0.2) is 0 Å². The highest BCUT2D eigenvalue weighted by Crippen LogP contribution is 2.24. The Hall–Kier alpha value is -2.64. The Morgan fingerprint density at radius 2 is 1.75 bits per heavy atom. The molecule has 0 saturated carbocycles. The number of aromatic nitrogens is 1. The lowest BCUT2D eigenvalue weighted by Crippen LogP contribution is -2.42. The molecule has 3 aromatic rings. The molecule has 7 heteroatoms. The van der Waals surface area contributed by atoms with Crippen LogP contribution in [0.15, 0.2) is 59.6 Å². The van der Waals surface area contributed by atoms with E-state index < -0.39 is 22.0 Å². The number of hydrogen-bond acceptors (Lipinski definition) is 3. The molecule has 3 rings (SSSR count). The Kier molecular flexibility index (Phi) is 5.32. The van der Waals surface area contributed by atoms with Crippen LogP contribution in [0.25, 0.3) is 10.9 Å². The summed E-state index contributed by atoms with van der Waals surface area (Å²) in [4.78, 5) is 14.8. The van der Waals surface area contributed by atoms with Crippen LogP contribution in [0.5, 0.6) is 0 Å². The van der Waals surface area contributed by atoms with Gasteiger partial charge in [-0.1, -0.05) is 51.1 Å². The third kappa shape index (κ3) is 4.26. The van der Waals surface area contributed by atoms with E-state index in [1.165, 1.54) is 12.1 Å². The number of para-hydroxylation sites is 1. The monoisotopic (exact) mass is 400 g/mol. The second-order valence-corrected chi connectivity index (χ2v) is 9.56. The molecule has 0 aliphatic carbocycles. The van der Waals surface area contributed by atoms with Crippen LogP contribution in [-0.2, 0) is 26.7 Å². The number of rotatable bonds is 6. The summed E-state index contributed by atoms with van der Waals surface area (Å²) in [6, 6.07) is 12.7. The molecule has 0 spiro atoms. The van der Waals surface area contributed by atoms with Gasteiger partial charge in [0.25, 0.3) is 0 Å². The third-order valence-corrected chi connectivity index (χ3v) is 6.21. The Morgan fingerprint density at radius 3 is 2.36 bits per heavy atom. The molecule has 0 aliphatic heterocycles. The first-order chi connectivity index (χ1) is 13.1. The molecule has 0 amide bonds. The van der Waals surface area contributed by atoms with Crippen molar-refractivity contribution in [3.8, 4) is 0 Å². The summed E-state index contributed by atoms with van der Waals surface area (Å²) in [5.74, 6) is -1.22. The minimum atomic E-state index is -3.96. The van der Waals surface area contributed by atoms with Gasteiger partial charge in [-0.05, 0) is 34.7 Å². The van der Waals surface area contributed by atoms with Gasteiger partial charge in [-0.2, -0.15) is 4.72 Å². The Morgan fingerprint density at radius 1 is 1.11 bits per heavy atom. The average Bonchev–Trinajstić information content (AvgIpc) is 3.03. The van der Waals surface area contributed by atoms with Gasteiger partial charge in [-0.3, -0.25) is 4.79 Å². The molecular formula is C21H24N2O4S. The summed E-state index contributed by atoms with van der Waals surface area (Å²) < 4.78 is 27.8. The van der Waals surface area contributed by atoms with Crippen molar-refractivity contribution in [2.45, 2.75) is 43.5 Å². The molecule has 1 atom stereocenters. The van der Waals surface area contributed by atoms with Crippen molar-refractivity contribution in [2.75, 3.05) is 0 Å². The van der Waals surface area contributed by atoms with E-state index in [0.717, 1.165) is 22.0 Å². The zero-order valence-corrected chi connectivity index (χ0v) is 16.9. The summed E-state index contributed by atoms with van der Waals surface area (Å²) >= 11 is 0. The summed E-state index contributed by atoms with van der Waals surface area (Å²) in [5, 5.41) is 10.4. The van der Waals surface area contributed by atoms with E-state index in [4.69, 9.17) is 0 Å². The summed E-state index contributed by atoms with van der Waals surface area (Å²) in [7, 11) is -3.96. The number of fused-ring (bicyclic) bond motifs is 1. The molecule has 0 saturated heterocycles. The van der Waals surface area contributed by atoms with E-state index in [-0.39, 0.29) is 16.7 Å². The smallest absolute Gasteiger partial charge is 0.322 e. The van der Waals surface area contributed by atoms with Gasteiger partial charge in [-0.25, -0.2) is 8.42 Å². The second-order valence-electron chi connectivity index (χ2n) is 7.85. The van der Waals surface area contributed by atoms with Crippen LogP contribution in [0.1, 0.15) is 31.9 Å². The molecular weight excluding hydrogens is 376 g/mol. The highest BCUT2D eigenvalue weighted by atomic mass is 32.2. The molecule has 6 nitrogen and oxygen atoms in total. The molecule has 1 unspecified atom stereocenters. The first-order valence-corrected chi connectivity index (χ1v) is 10.5. The van der Waals surface area contributed by atoms with Crippen molar-refractivity contribution in [3.63, 3.8) is 0 Å². The standard InChI is InChI=1S/C21H24N2O4S/c1-21(2,3)15-8-10-16(11-9-15)28(26,27)23-19(20(24)25)12-14-13-22-18-7-5-4-6-17(14)18/h4-11,13,19,22-23H,12H2,1-3H3,(H,24,25). The highest BCUT2D eigenvalue weighted by Gasteiger charge is 2.27. The van der Waals surface area contributed by atoms with E-state index in [0.29, 0.717) is 0 Å². The average molecular weight is 401 g/mol. The first-order valence-electron chi connectivity index (χ1n) is 8.98. The normalized spacial score (nSPS) is 13.5. The zero-order chi connectivity index (χ0) is 20.5. The summed E-state index contributed by atoms with van der Waals surface area (Å²) in [6.07, 6.45) is 1.76. The summed E-state index contributed by atoms with van der Waals surface area (Å²) in [5.41, 5.74) is 2.52. The molecule has 3 N–H and O–H groups in total. The Labute approximate surface area is 164 Å². The molecule has 0 radical (unpaired) electrons. The molecule has 0 fully saturated rings. The Bertz CT molecular complexity index is 1090. The van der Waals surface area contributed by atoms with Crippen LogP contribution in [0.2, 0.25) is 0 Å². The minimum Gasteiger partial charge on any atom is -0.480 e. The van der Waals surface area contributed by atoms with Crippen LogP contribution < -0.4 is 4.72 Å². The number of benzene rings is 2. The van der Waals surface area contributed by atoms with Crippen molar-refractivity contribution >= 4 is 26.9 Å². The third-order valence-electron chi connectivity index (χ3n) is 4.73. The molecule has 0 bridgehead atoms. The molecule has 148 valence electrons. The largest absolute Gasteiger partial charge is 0.480 e. The number of sulfonamides is 1. The van der Waals surface area contributed by atoms with Gasteiger partial charge in [0.2, 0.25) is 10.0 Å². The lowest BCUT2D eigenvalue weighted by atomic mass is 9.87. The maximum atomic E-state index is 12.7. The second kappa shape index (κ2) is 7.41. The fourth-order valence-corrected chi connectivity index (χ4v) is 4.28. The van der Waals surface area contributed by atoms with E-state index in [2.05, 4.69) is 9.71 Å². The quantitative estimate of drug-likeness (QED) is 0.590. The van der Waals surface area contributed by atoms with Gasteiger partial charge >= 0.3 is 5.97 Å². The van der Waals surface area contributed by atoms with Crippen molar-refractivity contribution in [2.24, 2.45) is 0 Å². The van der Waals surface area contributed by atoms with Gasteiger partial charge in [0, 0.05) is 23.5 Å². The number of aromatic amines is 1. The molecule has 28 heavy (non-hydrogen) atoms. The van der Waals surface area contributed by atoms with Crippen LogP contribution in [-0.4, -0.2) is 30.5 Å². The number of carboxylic acids is 1. The number of carbonyl (C=O) groups is 1. The summed E-state index contributed by atoms with van der Waals surface area (Å²) in [6.45, 7) is 6.11. The van der Waals surface area contributed by atoms with Crippen molar-refractivity contribution in [1.29, 1.82) is 0 Å². The number of aliphatic carboxylic acids is 1. The fraction of sp³-hybridized carbons (Fsp3) is 0.286. The highest BCUT2D eigenvalue weighted by molar-refractivity contribution is 7.89.